The molecule has 80 valence electrons. The van der Waals surface area contributed by atoms with Gasteiger partial charge in [0.15, 0.2) is 6.29 Å². The third-order valence-electron chi connectivity index (χ3n) is 2.27. The van der Waals surface area contributed by atoms with Gasteiger partial charge < -0.3 is 20.5 Å². The molecule has 0 saturated carbocycles. The van der Waals surface area contributed by atoms with Crippen molar-refractivity contribution < 1.29 is 14.3 Å². The van der Waals surface area contributed by atoms with E-state index in [9.17, 15) is 4.79 Å². The quantitative estimate of drug-likeness (QED) is 0.618. The molecular formula is C8H15N3O3. The predicted molar refractivity (Wildman–Crippen MR) is 51.0 cm³/mol. The zero-order valence-electron chi connectivity index (χ0n) is 8.53. The van der Waals surface area contributed by atoms with Crippen molar-refractivity contribution in [2.24, 2.45) is 10.7 Å². The molecule has 6 nitrogen and oxygen atoms in total. The number of nitrogens with one attached hydrogen (secondary N) is 1. The van der Waals surface area contributed by atoms with Gasteiger partial charge in [-0.25, -0.2) is 4.79 Å². The Balaban J connectivity index is 2.68. The zero-order chi connectivity index (χ0) is 10.8. The molecule has 6 heteroatoms. The molecule has 2 amide bonds. The van der Waals surface area contributed by atoms with E-state index in [4.69, 9.17) is 15.2 Å². The summed E-state index contributed by atoms with van der Waals surface area (Å²) in [5.74, 6) is 0.265. The fraction of sp³-hybridized carbons (Fsp3) is 0.750. The van der Waals surface area contributed by atoms with Crippen LogP contribution in [0.2, 0.25) is 0 Å². The van der Waals surface area contributed by atoms with E-state index in [-0.39, 0.29) is 5.84 Å². The summed E-state index contributed by atoms with van der Waals surface area (Å²) in [6.45, 7) is 1.78. The van der Waals surface area contributed by atoms with E-state index in [1.807, 2.05) is 0 Å². The van der Waals surface area contributed by atoms with E-state index in [2.05, 4.69) is 10.3 Å². The average molecular weight is 201 g/mol. The summed E-state index contributed by atoms with van der Waals surface area (Å²) in [6, 6.07) is -0.420. The second-order valence-electron chi connectivity index (χ2n) is 3.36. The highest BCUT2D eigenvalue weighted by molar-refractivity contribution is 6.05. The van der Waals surface area contributed by atoms with Crippen LogP contribution in [0.4, 0.5) is 4.79 Å². The van der Waals surface area contributed by atoms with Crippen LogP contribution in [0.15, 0.2) is 4.99 Å². The number of hydrogen-bond donors (Lipinski definition) is 2. The van der Waals surface area contributed by atoms with E-state index in [1.165, 1.54) is 14.2 Å². The second-order valence-corrected chi connectivity index (χ2v) is 3.36. The van der Waals surface area contributed by atoms with Crippen LogP contribution in [0.1, 0.15) is 13.3 Å². The molecule has 0 fully saturated rings. The highest BCUT2D eigenvalue weighted by Gasteiger charge is 2.38. The first kappa shape index (κ1) is 10.9. The summed E-state index contributed by atoms with van der Waals surface area (Å²) >= 11 is 0. The molecule has 3 N–H and O–H groups in total. The Labute approximate surface area is 82.5 Å². The molecule has 0 aromatic carbocycles. The van der Waals surface area contributed by atoms with Gasteiger partial charge in [-0.05, 0) is 6.92 Å². The van der Waals surface area contributed by atoms with Gasteiger partial charge in [0.05, 0.1) is 0 Å². The lowest BCUT2D eigenvalue weighted by Gasteiger charge is -2.27. The average Bonchev–Trinajstić information content (AvgIpc) is 2.37. The molecule has 1 aliphatic rings. The monoisotopic (exact) mass is 201 g/mol. The SMILES string of the molecule is COC(CC1(C)NC(=O)N=C1N)OC. The molecular weight excluding hydrogens is 186 g/mol. The van der Waals surface area contributed by atoms with Gasteiger partial charge in [0.25, 0.3) is 0 Å². The van der Waals surface area contributed by atoms with Crippen LogP contribution in [0, 0.1) is 0 Å². The van der Waals surface area contributed by atoms with Gasteiger partial charge in [0.1, 0.15) is 11.4 Å². The van der Waals surface area contributed by atoms with Gasteiger partial charge in [0, 0.05) is 20.6 Å². The largest absolute Gasteiger partial charge is 0.385 e. The van der Waals surface area contributed by atoms with Crippen LogP contribution in [-0.2, 0) is 9.47 Å². The highest BCUT2D eigenvalue weighted by atomic mass is 16.7. The first-order valence-electron chi connectivity index (χ1n) is 4.24. The lowest BCUT2D eigenvalue weighted by atomic mass is 9.97. The Morgan fingerprint density at radius 1 is 1.57 bits per heavy atom. The minimum Gasteiger partial charge on any atom is -0.385 e. The maximum absolute atomic E-state index is 11.0. The predicted octanol–water partition coefficient (Wildman–Crippen LogP) is -0.166. The molecule has 0 spiro atoms. The number of aliphatic imine (C=N–C) groups is 1. The van der Waals surface area contributed by atoms with Crippen LogP contribution in [-0.4, -0.2) is 37.9 Å². The highest BCUT2D eigenvalue weighted by Crippen LogP contribution is 2.19. The maximum atomic E-state index is 11.0. The lowest BCUT2D eigenvalue weighted by molar-refractivity contribution is -0.112. The Kier molecular flexibility index (Phi) is 3.07. The van der Waals surface area contributed by atoms with Crippen molar-refractivity contribution in [2.45, 2.75) is 25.2 Å². The molecule has 1 rings (SSSR count). The number of rotatable bonds is 4. The van der Waals surface area contributed by atoms with Gasteiger partial charge in [0.2, 0.25) is 0 Å². The number of methoxy groups -OCH3 is 2. The lowest BCUT2D eigenvalue weighted by Crippen LogP contribution is -2.51. The maximum Gasteiger partial charge on any atom is 0.343 e. The molecule has 0 aliphatic carbocycles. The standard InChI is InChI=1S/C8H15N3O3/c1-8(4-5(13-2)14-3)6(9)10-7(12)11-8/h5H,4H2,1-3H3,(H3,9,10,11,12). The Morgan fingerprint density at radius 2 is 2.14 bits per heavy atom. The van der Waals surface area contributed by atoms with Crippen molar-refractivity contribution in [3.63, 3.8) is 0 Å². The number of amides is 2. The smallest absolute Gasteiger partial charge is 0.343 e. The van der Waals surface area contributed by atoms with Crippen molar-refractivity contribution in [3.05, 3.63) is 0 Å². The van der Waals surface area contributed by atoms with Crippen LogP contribution < -0.4 is 11.1 Å². The number of urea groups is 1. The molecule has 14 heavy (non-hydrogen) atoms. The van der Waals surface area contributed by atoms with Gasteiger partial charge in [-0.3, -0.25) is 0 Å². The minimum atomic E-state index is -0.673. The van der Waals surface area contributed by atoms with E-state index in [0.29, 0.717) is 6.42 Å². The molecule has 0 radical (unpaired) electrons. The molecule has 1 heterocycles. The first-order chi connectivity index (χ1) is 6.51. The number of carbonyl (C=O) groups is 1. The zero-order valence-corrected chi connectivity index (χ0v) is 8.53. The van der Waals surface area contributed by atoms with Crippen molar-refractivity contribution in [1.82, 2.24) is 5.32 Å². The summed E-state index contributed by atoms with van der Waals surface area (Å²) in [5.41, 5.74) is 4.94. The molecule has 1 atom stereocenters. The molecule has 0 saturated heterocycles. The fourth-order valence-corrected chi connectivity index (χ4v) is 1.31. The van der Waals surface area contributed by atoms with Gasteiger partial charge in [-0.15, -0.1) is 0 Å². The number of nitrogens with two attached hydrogens (primary N) is 1. The third kappa shape index (κ3) is 2.02. The Bertz CT molecular complexity index is 263. The summed E-state index contributed by atoms with van der Waals surface area (Å²) in [7, 11) is 3.06. The summed E-state index contributed by atoms with van der Waals surface area (Å²) in [5, 5.41) is 2.65. The normalized spacial score (nSPS) is 26.6. The van der Waals surface area contributed by atoms with Gasteiger partial charge in [-0.2, -0.15) is 4.99 Å². The first-order valence-corrected chi connectivity index (χ1v) is 4.24. The van der Waals surface area contributed by atoms with Gasteiger partial charge in [-0.1, -0.05) is 0 Å². The van der Waals surface area contributed by atoms with Crippen molar-refractivity contribution >= 4 is 11.9 Å². The van der Waals surface area contributed by atoms with Crippen LogP contribution in [0.3, 0.4) is 0 Å². The third-order valence-corrected chi connectivity index (χ3v) is 2.27. The van der Waals surface area contributed by atoms with Gasteiger partial charge >= 0.3 is 6.03 Å². The Morgan fingerprint density at radius 3 is 2.50 bits per heavy atom. The summed E-state index contributed by atoms with van der Waals surface area (Å²) in [4.78, 5) is 14.6. The molecule has 1 aliphatic heterocycles. The van der Waals surface area contributed by atoms with Crippen LogP contribution >= 0.6 is 0 Å². The topological polar surface area (TPSA) is 85.9 Å². The Hall–Kier alpha value is -1.14. The number of carbonyl (C=O) groups excluding carboxylic acids is 1. The van der Waals surface area contributed by atoms with Crippen molar-refractivity contribution in [2.75, 3.05) is 14.2 Å². The van der Waals surface area contributed by atoms with E-state index >= 15 is 0 Å². The number of hydrogen-bond acceptors (Lipinski definition) is 4. The van der Waals surface area contributed by atoms with E-state index in [1.54, 1.807) is 6.92 Å². The number of nitrogens with zero attached hydrogens (tertiary/aromatic N) is 1. The fourth-order valence-electron chi connectivity index (χ4n) is 1.31. The van der Waals surface area contributed by atoms with Crippen molar-refractivity contribution in [3.8, 4) is 0 Å². The number of ether oxygens (including phenoxy) is 2. The van der Waals surface area contributed by atoms with E-state index in [0.717, 1.165) is 0 Å². The molecule has 1 unspecified atom stereocenters. The minimum absolute atomic E-state index is 0.265. The summed E-state index contributed by atoms with van der Waals surface area (Å²) in [6.07, 6.45) is 0.0216. The van der Waals surface area contributed by atoms with Crippen LogP contribution in [0.5, 0.6) is 0 Å². The molecule has 0 bridgehead atoms. The number of amidine groups is 1. The molecule has 0 aromatic heterocycles. The van der Waals surface area contributed by atoms with Crippen molar-refractivity contribution in [1.29, 1.82) is 0 Å². The van der Waals surface area contributed by atoms with E-state index < -0.39 is 17.9 Å². The summed E-state index contributed by atoms with van der Waals surface area (Å²) < 4.78 is 10.1. The molecule has 0 aromatic rings. The van der Waals surface area contributed by atoms with Crippen LogP contribution in [0.25, 0.3) is 0 Å². The second kappa shape index (κ2) is 3.93.